The topological polar surface area (TPSA) is 79.3 Å². The molecule has 0 spiro atoms. The second kappa shape index (κ2) is 6.93. The highest BCUT2D eigenvalue weighted by Gasteiger charge is 2.30. The minimum atomic E-state index is -0.613. The van der Waals surface area contributed by atoms with Gasteiger partial charge in [-0.15, -0.1) is 0 Å². The van der Waals surface area contributed by atoms with E-state index in [1.165, 1.54) is 12.8 Å². The number of nitrogens with one attached hydrogen (secondary N) is 2. The average Bonchev–Trinajstić information content (AvgIpc) is 3.19. The van der Waals surface area contributed by atoms with Crippen LogP contribution >= 0.6 is 0 Å². The Hall–Kier alpha value is -1.89. The zero-order valence-corrected chi connectivity index (χ0v) is 14.8. The van der Waals surface area contributed by atoms with E-state index in [0.717, 1.165) is 49.9 Å². The standard InChI is InChI=1S/C17H27N5O2/c1-4-22-12(3)15(11(2)20-22)19-17(24)16(23)18-14-7-8-21(10-14)9-13-5-6-13/h13-14H,4-10H2,1-3H3,(H,18,23)(H,19,24). The molecule has 1 atom stereocenters. The van der Waals surface area contributed by atoms with Crippen LogP contribution in [0, 0.1) is 19.8 Å². The summed E-state index contributed by atoms with van der Waals surface area (Å²) in [5.41, 5.74) is 2.23. The number of hydrogen-bond donors (Lipinski definition) is 2. The zero-order chi connectivity index (χ0) is 17.3. The zero-order valence-electron chi connectivity index (χ0n) is 14.8. The summed E-state index contributed by atoms with van der Waals surface area (Å²) in [4.78, 5) is 26.8. The van der Waals surface area contributed by atoms with Gasteiger partial charge in [0.2, 0.25) is 0 Å². The van der Waals surface area contributed by atoms with Crippen LogP contribution in [-0.4, -0.2) is 52.2 Å². The summed E-state index contributed by atoms with van der Waals surface area (Å²) < 4.78 is 1.82. The summed E-state index contributed by atoms with van der Waals surface area (Å²) in [5.74, 6) is -0.322. The first kappa shape index (κ1) is 17.0. The van der Waals surface area contributed by atoms with E-state index < -0.39 is 11.8 Å². The van der Waals surface area contributed by atoms with Crippen molar-refractivity contribution in [3.63, 3.8) is 0 Å². The Balaban J connectivity index is 1.52. The number of hydrogen-bond acceptors (Lipinski definition) is 4. The monoisotopic (exact) mass is 333 g/mol. The van der Waals surface area contributed by atoms with Crippen LogP contribution < -0.4 is 10.6 Å². The quantitative estimate of drug-likeness (QED) is 0.790. The normalized spacial score (nSPS) is 21.0. The predicted molar refractivity (Wildman–Crippen MR) is 91.7 cm³/mol. The van der Waals surface area contributed by atoms with E-state index in [9.17, 15) is 9.59 Å². The molecular formula is C17H27N5O2. The lowest BCUT2D eigenvalue weighted by Gasteiger charge is -2.16. The van der Waals surface area contributed by atoms with Gasteiger partial charge in [0.05, 0.1) is 17.1 Å². The third kappa shape index (κ3) is 3.77. The summed E-state index contributed by atoms with van der Waals surface area (Å²) in [5, 5.41) is 9.93. The van der Waals surface area contributed by atoms with E-state index in [4.69, 9.17) is 0 Å². The number of likely N-dealkylation sites (tertiary alicyclic amines) is 1. The molecule has 2 aliphatic rings. The molecule has 1 aliphatic heterocycles. The van der Waals surface area contributed by atoms with Crippen LogP contribution in [0.1, 0.15) is 37.6 Å². The molecule has 2 N–H and O–H groups in total. The van der Waals surface area contributed by atoms with Crippen molar-refractivity contribution in [1.82, 2.24) is 20.0 Å². The molecule has 1 saturated heterocycles. The summed E-state index contributed by atoms with van der Waals surface area (Å²) in [6.07, 6.45) is 3.58. The molecule has 3 rings (SSSR count). The smallest absolute Gasteiger partial charge is 0.313 e. The molecule has 1 saturated carbocycles. The molecular weight excluding hydrogens is 306 g/mol. The summed E-state index contributed by atoms with van der Waals surface area (Å²) in [6, 6.07) is 0.0718. The Morgan fingerprint density at radius 3 is 2.58 bits per heavy atom. The second-order valence-corrected chi connectivity index (χ2v) is 6.98. The summed E-state index contributed by atoms with van der Waals surface area (Å²) in [7, 11) is 0. The molecule has 2 fully saturated rings. The molecule has 0 radical (unpaired) electrons. The van der Waals surface area contributed by atoms with Gasteiger partial charge in [-0.1, -0.05) is 0 Å². The van der Waals surface area contributed by atoms with Gasteiger partial charge in [-0.25, -0.2) is 0 Å². The fourth-order valence-corrected chi connectivity index (χ4v) is 3.39. The van der Waals surface area contributed by atoms with Gasteiger partial charge in [-0.2, -0.15) is 5.10 Å². The largest absolute Gasteiger partial charge is 0.344 e. The first-order valence-electron chi connectivity index (χ1n) is 8.86. The lowest BCUT2D eigenvalue weighted by Crippen LogP contribution is -2.43. The van der Waals surface area contributed by atoms with Gasteiger partial charge in [0.25, 0.3) is 0 Å². The molecule has 2 heterocycles. The molecule has 0 aromatic carbocycles. The van der Waals surface area contributed by atoms with Crippen molar-refractivity contribution in [2.75, 3.05) is 25.0 Å². The molecule has 2 amide bonds. The molecule has 1 aromatic rings. The third-order valence-corrected chi connectivity index (χ3v) is 4.95. The Morgan fingerprint density at radius 1 is 1.21 bits per heavy atom. The van der Waals surface area contributed by atoms with E-state index >= 15 is 0 Å². The highest BCUT2D eigenvalue weighted by molar-refractivity contribution is 6.39. The van der Waals surface area contributed by atoms with Crippen molar-refractivity contribution < 1.29 is 9.59 Å². The van der Waals surface area contributed by atoms with Crippen LogP contribution in [-0.2, 0) is 16.1 Å². The van der Waals surface area contributed by atoms with Gasteiger partial charge in [0.1, 0.15) is 0 Å². The molecule has 24 heavy (non-hydrogen) atoms. The van der Waals surface area contributed by atoms with Crippen LogP contribution in [0.25, 0.3) is 0 Å². The Bertz CT molecular complexity index is 635. The van der Waals surface area contributed by atoms with E-state index in [1.54, 1.807) is 0 Å². The first-order chi connectivity index (χ1) is 11.5. The van der Waals surface area contributed by atoms with Crippen molar-refractivity contribution >= 4 is 17.5 Å². The van der Waals surface area contributed by atoms with E-state index in [0.29, 0.717) is 5.69 Å². The fraction of sp³-hybridized carbons (Fsp3) is 0.706. The van der Waals surface area contributed by atoms with Gasteiger partial charge in [0.15, 0.2) is 0 Å². The van der Waals surface area contributed by atoms with Crippen LogP contribution in [0.15, 0.2) is 0 Å². The number of carbonyl (C=O) groups excluding carboxylic acids is 2. The third-order valence-electron chi connectivity index (χ3n) is 4.95. The van der Waals surface area contributed by atoms with Crippen molar-refractivity contribution in [2.24, 2.45) is 5.92 Å². The first-order valence-corrected chi connectivity index (χ1v) is 8.86. The minimum Gasteiger partial charge on any atom is -0.344 e. The average molecular weight is 333 g/mol. The van der Waals surface area contributed by atoms with E-state index in [1.807, 2.05) is 25.5 Å². The van der Waals surface area contributed by atoms with Gasteiger partial charge >= 0.3 is 11.8 Å². The Kier molecular flexibility index (Phi) is 4.89. The maximum Gasteiger partial charge on any atom is 0.313 e. The maximum atomic E-state index is 12.2. The van der Waals surface area contributed by atoms with Crippen molar-refractivity contribution in [3.8, 4) is 0 Å². The van der Waals surface area contributed by atoms with E-state index in [2.05, 4.69) is 20.6 Å². The number of nitrogens with zero attached hydrogens (tertiary/aromatic N) is 3. The number of aryl methyl sites for hydroxylation is 2. The van der Waals surface area contributed by atoms with Crippen molar-refractivity contribution in [1.29, 1.82) is 0 Å². The molecule has 1 unspecified atom stereocenters. The van der Waals surface area contributed by atoms with Gasteiger partial charge < -0.3 is 15.5 Å². The Morgan fingerprint density at radius 2 is 1.96 bits per heavy atom. The number of carbonyl (C=O) groups is 2. The van der Waals surface area contributed by atoms with Crippen LogP contribution in [0.3, 0.4) is 0 Å². The fourth-order valence-electron chi connectivity index (χ4n) is 3.39. The summed E-state index contributed by atoms with van der Waals surface area (Å²) in [6.45, 7) is 9.43. The summed E-state index contributed by atoms with van der Waals surface area (Å²) >= 11 is 0. The van der Waals surface area contributed by atoms with E-state index in [-0.39, 0.29) is 6.04 Å². The van der Waals surface area contributed by atoms with Gasteiger partial charge in [-0.05, 0) is 46.0 Å². The Labute approximate surface area is 142 Å². The van der Waals surface area contributed by atoms with Crippen molar-refractivity contribution in [2.45, 2.75) is 52.6 Å². The SMILES string of the molecule is CCn1nc(C)c(NC(=O)C(=O)NC2CCN(CC3CC3)C2)c1C. The number of anilines is 1. The minimum absolute atomic E-state index is 0.0718. The molecule has 0 bridgehead atoms. The van der Waals surface area contributed by atoms with Crippen LogP contribution in [0.4, 0.5) is 5.69 Å². The van der Waals surface area contributed by atoms with Gasteiger partial charge in [-0.3, -0.25) is 14.3 Å². The highest BCUT2D eigenvalue weighted by atomic mass is 16.2. The van der Waals surface area contributed by atoms with Crippen molar-refractivity contribution in [3.05, 3.63) is 11.4 Å². The van der Waals surface area contributed by atoms with Crippen LogP contribution in [0.5, 0.6) is 0 Å². The highest BCUT2D eigenvalue weighted by Crippen LogP contribution is 2.30. The molecule has 7 nitrogen and oxygen atoms in total. The molecule has 132 valence electrons. The second-order valence-electron chi connectivity index (χ2n) is 6.98. The number of amides is 2. The van der Waals surface area contributed by atoms with Crippen LogP contribution in [0.2, 0.25) is 0 Å². The lowest BCUT2D eigenvalue weighted by atomic mass is 10.2. The van der Waals surface area contributed by atoms with Gasteiger partial charge in [0, 0.05) is 32.2 Å². The maximum absolute atomic E-state index is 12.2. The number of rotatable bonds is 5. The number of aromatic nitrogens is 2. The molecule has 7 heteroatoms. The molecule has 1 aromatic heterocycles. The lowest BCUT2D eigenvalue weighted by molar-refractivity contribution is -0.136. The predicted octanol–water partition coefficient (Wildman–Crippen LogP) is 1.06. The molecule has 1 aliphatic carbocycles.